The molecule has 1 aromatic heterocycles. The average Bonchev–Trinajstić information content (AvgIpc) is 2.89. The molecule has 1 amide bonds. The van der Waals surface area contributed by atoms with Gasteiger partial charge in [0, 0.05) is 13.7 Å². The molecule has 0 radical (unpaired) electrons. The van der Waals surface area contributed by atoms with Gasteiger partial charge in [0.05, 0.1) is 0 Å². The van der Waals surface area contributed by atoms with Crippen LogP contribution in [0.5, 0.6) is 0 Å². The molecular weight excluding hydrogens is 242 g/mol. The first-order chi connectivity index (χ1) is 9.29. The van der Waals surface area contributed by atoms with Crippen LogP contribution in [0.15, 0.2) is 28.2 Å². The van der Waals surface area contributed by atoms with Crippen molar-refractivity contribution in [1.82, 2.24) is 5.32 Å². The molecule has 1 N–H and O–H groups in total. The molecule has 0 unspecified atom stereocenters. The molecule has 0 saturated carbocycles. The van der Waals surface area contributed by atoms with Crippen LogP contribution in [0.1, 0.15) is 48.4 Å². The maximum absolute atomic E-state index is 11.8. The largest absolute Gasteiger partial charge is 0.453 e. The Labute approximate surface area is 113 Å². The van der Waals surface area contributed by atoms with E-state index in [1.54, 1.807) is 19.2 Å². The van der Waals surface area contributed by atoms with E-state index in [4.69, 9.17) is 9.15 Å². The molecule has 19 heavy (non-hydrogen) atoms. The monoisotopic (exact) mass is 263 g/mol. The van der Waals surface area contributed by atoms with Gasteiger partial charge in [-0.25, -0.2) is 0 Å². The first kappa shape index (κ1) is 13.9. The second-order valence-corrected chi connectivity index (χ2v) is 4.81. The van der Waals surface area contributed by atoms with E-state index in [2.05, 4.69) is 11.4 Å². The molecule has 0 atom stereocenters. The summed E-state index contributed by atoms with van der Waals surface area (Å²) in [6, 6.07) is 3.45. The second kappa shape index (κ2) is 7.14. The van der Waals surface area contributed by atoms with Crippen molar-refractivity contribution in [2.45, 2.75) is 38.7 Å². The smallest absolute Gasteiger partial charge is 0.287 e. The third kappa shape index (κ3) is 4.24. The number of hydrogen-bond donors (Lipinski definition) is 1. The predicted octanol–water partition coefficient (Wildman–Crippen LogP) is 3.05. The van der Waals surface area contributed by atoms with Gasteiger partial charge in [-0.1, -0.05) is 11.6 Å². The number of amides is 1. The summed E-state index contributed by atoms with van der Waals surface area (Å²) in [4.78, 5) is 11.8. The van der Waals surface area contributed by atoms with E-state index < -0.39 is 0 Å². The topological polar surface area (TPSA) is 51.5 Å². The van der Waals surface area contributed by atoms with Gasteiger partial charge in [0.1, 0.15) is 12.4 Å². The summed E-state index contributed by atoms with van der Waals surface area (Å²) in [6.45, 7) is 1.06. The van der Waals surface area contributed by atoms with Crippen molar-refractivity contribution in [1.29, 1.82) is 0 Å². The molecule has 0 aromatic carbocycles. The SMILES string of the molecule is COCc1ccc(C(=O)NCCC2=CCCCC2)o1. The van der Waals surface area contributed by atoms with Gasteiger partial charge < -0.3 is 14.5 Å². The summed E-state index contributed by atoms with van der Waals surface area (Å²) < 4.78 is 10.3. The van der Waals surface area contributed by atoms with Gasteiger partial charge in [0.15, 0.2) is 5.76 Å². The Bertz CT molecular complexity index is 448. The van der Waals surface area contributed by atoms with Crippen LogP contribution in [-0.2, 0) is 11.3 Å². The number of methoxy groups -OCH3 is 1. The summed E-state index contributed by atoms with van der Waals surface area (Å²) in [5.41, 5.74) is 1.46. The molecule has 0 bridgehead atoms. The maximum atomic E-state index is 11.8. The van der Waals surface area contributed by atoms with Gasteiger partial charge in [-0.3, -0.25) is 4.79 Å². The molecule has 0 spiro atoms. The molecule has 1 aliphatic rings. The van der Waals surface area contributed by atoms with Crippen molar-refractivity contribution < 1.29 is 13.9 Å². The van der Waals surface area contributed by atoms with Gasteiger partial charge in [-0.05, 0) is 44.2 Å². The highest BCUT2D eigenvalue weighted by Gasteiger charge is 2.11. The average molecular weight is 263 g/mol. The molecule has 1 aromatic rings. The number of hydrogen-bond acceptors (Lipinski definition) is 3. The van der Waals surface area contributed by atoms with E-state index in [0.717, 1.165) is 6.42 Å². The fourth-order valence-corrected chi connectivity index (χ4v) is 2.28. The predicted molar refractivity (Wildman–Crippen MR) is 72.9 cm³/mol. The zero-order valence-electron chi connectivity index (χ0n) is 11.4. The zero-order valence-corrected chi connectivity index (χ0v) is 11.4. The van der Waals surface area contributed by atoms with Crippen molar-refractivity contribution in [3.05, 3.63) is 35.3 Å². The number of carbonyl (C=O) groups excluding carboxylic acids is 1. The summed E-state index contributed by atoms with van der Waals surface area (Å²) in [6.07, 6.45) is 8.18. The van der Waals surface area contributed by atoms with Gasteiger partial charge in [0.25, 0.3) is 5.91 Å². The number of allylic oxidation sites excluding steroid dienone is 1. The van der Waals surface area contributed by atoms with E-state index >= 15 is 0 Å². The van der Waals surface area contributed by atoms with E-state index in [-0.39, 0.29) is 5.91 Å². The maximum Gasteiger partial charge on any atom is 0.287 e. The minimum atomic E-state index is -0.154. The minimum Gasteiger partial charge on any atom is -0.453 e. The van der Waals surface area contributed by atoms with E-state index in [9.17, 15) is 4.79 Å². The zero-order chi connectivity index (χ0) is 13.5. The normalized spacial score (nSPS) is 15.1. The highest BCUT2D eigenvalue weighted by molar-refractivity contribution is 5.91. The third-order valence-electron chi connectivity index (χ3n) is 3.29. The molecule has 0 saturated heterocycles. The van der Waals surface area contributed by atoms with E-state index in [1.165, 1.54) is 31.3 Å². The molecule has 0 aliphatic heterocycles. The Balaban J connectivity index is 1.75. The van der Waals surface area contributed by atoms with Crippen LogP contribution >= 0.6 is 0 Å². The number of ether oxygens (including phenoxy) is 1. The number of carbonyl (C=O) groups is 1. The lowest BCUT2D eigenvalue weighted by atomic mass is 9.97. The van der Waals surface area contributed by atoms with Gasteiger partial charge in [-0.2, -0.15) is 0 Å². The second-order valence-electron chi connectivity index (χ2n) is 4.81. The first-order valence-corrected chi connectivity index (χ1v) is 6.83. The molecule has 4 nitrogen and oxygen atoms in total. The van der Waals surface area contributed by atoms with Crippen molar-refractivity contribution >= 4 is 5.91 Å². The molecule has 0 fully saturated rings. The van der Waals surface area contributed by atoms with Crippen LogP contribution in [0.2, 0.25) is 0 Å². The highest BCUT2D eigenvalue weighted by atomic mass is 16.5. The number of rotatable bonds is 6. The summed E-state index contributed by atoms with van der Waals surface area (Å²) in [5.74, 6) is 0.867. The van der Waals surface area contributed by atoms with Crippen molar-refractivity contribution in [2.24, 2.45) is 0 Å². The molecule has 2 rings (SSSR count). The fraction of sp³-hybridized carbons (Fsp3) is 0.533. The van der Waals surface area contributed by atoms with Crippen LogP contribution in [0, 0.1) is 0 Å². The van der Waals surface area contributed by atoms with Crippen molar-refractivity contribution in [3.63, 3.8) is 0 Å². The van der Waals surface area contributed by atoms with E-state index in [1.807, 2.05) is 0 Å². The summed E-state index contributed by atoms with van der Waals surface area (Å²) >= 11 is 0. The van der Waals surface area contributed by atoms with E-state index in [0.29, 0.717) is 24.7 Å². The first-order valence-electron chi connectivity index (χ1n) is 6.83. The summed E-state index contributed by atoms with van der Waals surface area (Å²) in [7, 11) is 1.60. The third-order valence-corrected chi connectivity index (χ3v) is 3.29. The van der Waals surface area contributed by atoms with Crippen LogP contribution in [-0.4, -0.2) is 19.6 Å². The van der Waals surface area contributed by atoms with Gasteiger partial charge in [-0.15, -0.1) is 0 Å². The molecule has 104 valence electrons. The van der Waals surface area contributed by atoms with Crippen LogP contribution in [0.4, 0.5) is 0 Å². The lowest BCUT2D eigenvalue weighted by molar-refractivity contribution is 0.0917. The van der Waals surface area contributed by atoms with Crippen LogP contribution in [0.3, 0.4) is 0 Å². The molecule has 1 heterocycles. The Morgan fingerprint density at radius 1 is 1.42 bits per heavy atom. The highest BCUT2D eigenvalue weighted by Crippen LogP contribution is 2.19. The Morgan fingerprint density at radius 2 is 2.32 bits per heavy atom. The fourth-order valence-electron chi connectivity index (χ4n) is 2.28. The lowest BCUT2D eigenvalue weighted by Crippen LogP contribution is -2.24. The number of furan rings is 1. The molecule has 1 aliphatic carbocycles. The minimum absolute atomic E-state index is 0.154. The molecule has 4 heteroatoms. The standard InChI is InChI=1S/C15H21NO3/c1-18-11-13-7-8-14(19-13)15(17)16-10-9-12-5-3-2-4-6-12/h5,7-8H,2-4,6,9-11H2,1H3,(H,16,17). The van der Waals surface area contributed by atoms with Crippen LogP contribution in [0.25, 0.3) is 0 Å². The Morgan fingerprint density at radius 3 is 3.05 bits per heavy atom. The lowest BCUT2D eigenvalue weighted by Gasteiger charge is -2.12. The molecular formula is C15H21NO3. The Kier molecular flexibility index (Phi) is 5.21. The quantitative estimate of drug-likeness (QED) is 0.802. The number of nitrogens with one attached hydrogen (secondary N) is 1. The summed E-state index contributed by atoms with van der Waals surface area (Å²) in [5, 5.41) is 2.89. The van der Waals surface area contributed by atoms with Gasteiger partial charge >= 0.3 is 0 Å². The Hall–Kier alpha value is -1.55. The van der Waals surface area contributed by atoms with Crippen LogP contribution < -0.4 is 5.32 Å². The van der Waals surface area contributed by atoms with Gasteiger partial charge in [0.2, 0.25) is 0 Å². The van der Waals surface area contributed by atoms with Crippen molar-refractivity contribution in [3.8, 4) is 0 Å². The van der Waals surface area contributed by atoms with Crippen molar-refractivity contribution in [2.75, 3.05) is 13.7 Å².